The van der Waals surface area contributed by atoms with Crippen molar-refractivity contribution in [2.75, 3.05) is 0 Å². The van der Waals surface area contributed by atoms with Gasteiger partial charge < -0.3 is 9.47 Å². The SMILES string of the molecule is O=C(Oc1ccc(Oc2ccccn2)cc1)C1CC1. The van der Waals surface area contributed by atoms with Gasteiger partial charge in [-0.05, 0) is 43.2 Å². The minimum Gasteiger partial charge on any atom is -0.439 e. The fourth-order valence-corrected chi connectivity index (χ4v) is 1.62. The fourth-order valence-electron chi connectivity index (χ4n) is 1.62. The number of carbonyl (C=O) groups excluding carboxylic acids is 1. The quantitative estimate of drug-likeness (QED) is 0.622. The van der Waals surface area contributed by atoms with E-state index in [0.717, 1.165) is 12.8 Å². The third-order valence-electron chi connectivity index (χ3n) is 2.81. The van der Waals surface area contributed by atoms with Crippen LogP contribution in [0, 0.1) is 5.92 Å². The van der Waals surface area contributed by atoms with E-state index in [2.05, 4.69) is 4.98 Å². The number of carbonyl (C=O) groups is 1. The van der Waals surface area contributed by atoms with E-state index in [0.29, 0.717) is 17.4 Å². The van der Waals surface area contributed by atoms with Crippen LogP contribution in [0.1, 0.15) is 12.8 Å². The first-order valence-corrected chi connectivity index (χ1v) is 6.22. The van der Waals surface area contributed by atoms with E-state index in [1.54, 1.807) is 36.5 Å². The summed E-state index contributed by atoms with van der Waals surface area (Å²) in [5.41, 5.74) is 0. The van der Waals surface area contributed by atoms with Gasteiger partial charge in [-0.1, -0.05) is 6.07 Å². The van der Waals surface area contributed by atoms with Gasteiger partial charge in [-0.25, -0.2) is 4.98 Å². The number of aromatic nitrogens is 1. The molecular weight excluding hydrogens is 242 g/mol. The third kappa shape index (κ3) is 3.10. The summed E-state index contributed by atoms with van der Waals surface area (Å²) in [7, 11) is 0. The van der Waals surface area contributed by atoms with Gasteiger partial charge in [0.05, 0.1) is 5.92 Å². The molecule has 4 heteroatoms. The lowest BCUT2D eigenvalue weighted by Gasteiger charge is -2.06. The number of hydrogen-bond donors (Lipinski definition) is 0. The minimum atomic E-state index is -0.140. The highest BCUT2D eigenvalue weighted by atomic mass is 16.5. The molecule has 0 spiro atoms. The summed E-state index contributed by atoms with van der Waals surface area (Å²) in [5.74, 6) is 1.70. The summed E-state index contributed by atoms with van der Waals surface area (Å²) in [6.07, 6.45) is 3.56. The van der Waals surface area contributed by atoms with Gasteiger partial charge >= 0.3 is 5.97 Å². The highest BCUT2D eigenvalue weighted by molar-refractivity contribution is 5.77. The molecule has 1 aliphatic rings. The van der Waals surface area contributed by atoms with Crippen molar-refractivity contribution in [1.82, 2.24) is 4.98 Å². The Morgan fingerprint density at radius 1 is 1.05 bits per heavy atom. The second kappa shape index (κ2) is 5.10. The molecule has 0 bridgehead atoms. The Labute approximate surface area is 111 Å². The van der Waals surface area contributed by atoms with Gasteiger partial charge in [0.25, 0.3) is 0 Å². The van der Waals surface area contributed by atoms with Crippen molar-refractivity contribution >= 4 is 5.97 Å². The van der Waals surface area contributed by atoms with Crippen LogP contribution in [0.4, 0.5) is 0 Å². The van der Waals surface area contributed by atoms with E-state index >= 15 is 0 Å². The van der Waals surface area contributed by atoms with Crippen molar-refractivity contribution in [2.24, 2.45) is 5.92 Å². The maximum Gasteiger partial charge on any atom is 0.314 e. The molecule has 3 rings (SSSR count). The van der Waals surface area contributed by atoms with Crippen molar-refractivity contribution in [1.29, 1.82) is 0 Å². The number of ether oxygens (including phenoxy) is 2. The Bertz CT molecular complexity index is 562. The molecule has 19 heavy (non-hydrogen) atoms. The maximum absolute atomic E-state index is 11.5. The normalized spacial score (nSPS) is 13.9. The third-order valence-corrected chi connectivity index (χ3v) is 2.81. The first-order valence-electron chi connectivity index (χ1n) is 6.22. The molecule has 0 aliphatic heterocycles. The summed E-state index contributed by atoms with van der Waals surface area (Å²) in [5, 5.41) is 0. The minimum absolute atomic E-state index is 0.101. The van der Waals surface area contributed by atoms with Crippen LogP contribution in [-0.2, 0) is 4.79 Å². The lowest BCUT2D eigenvalue weighted by Crippen LogP contribution is -2.09. The monoisotopic (exact) mass is 255 g/mol. The van der Waals surface area contributed by atoms with E-state index in [4.69, 9.17) is 9.47 Å². The molecule has 0 radical (unpaired) electrons. The van der Waals surface area contributed by atoms with Gasteiger partial charge in [0.15, 0.2) is 0 Å². The molecule has 0 unspecified atom stereocenters. The smallest absolute Gasteiger partial charge is 0.314 e. The van der Waals surface area contributed by atoms with E-state index in [9.17, 15) is 4.79 Å². The molecule has 1 saturated carbocycles. The van der Waals surface area contributed by atoms with E-state index in [1.165, 1.54) is 0 Å². The fraction of sp³-hybridized carbons (Fsp3) is 0.200. The van der Waals surface area contributed by atoms with Gasteiger partial charge in [-0.2, -0.15) is 0 Å². The largest absolute Gasteiger partial charge is 0.439 e. The molecule has 0 saturated heterocycles. The zero-order chi connectivity index (χ0) is 13.1. The summed E-state index contributed by atoms with van der Waals surface area (Å²) < 4.78 is 10.8. The Morgan fingerprint density at radius 2 is 1.79 bits per heavy atom. The summed E-state index contributed by atoms with van der Waals surface area (Å²) in [4.78, 5) is 15.6. The number of hydrogen-bond acceptors (Lipinski definition) is 4. The van der Waals surface area contributed by atoms with Crippen molar-refractivity contribution in [3.63, 3.8) is 0 Å². The molecule has 1 aromatic carbocycles. The summed E-state index contributed by atoms with van der Waals surface area (Å²) in [6.45, 7) is 0. The zero-order valence-corrected chi connectivity index (χ0v) is 10.3. The summed E-state index contributed by atoms with van der Waals surface area (Å²) >= 11 is 0. The van der Waals surface area contributed by atoms with Crippen LogP contribution in [0.15, 0.2) is 48.7 Å². The number of benzene rings is 1. The van der Waals surface area contributed by atoms with Crippen LogP contribution in [0.5, 0.6) is 17.4 Å². The van der Waals surface area contributed by atoms with E-state index in [1.807, 2.05) is 12.1 Å². The number of rotatable bonds is 4. The molecule has 96 valence electrons. The molecular formula is C15H13NO3. The van der Waals surface area contributed by atoms with Crippen LogP contribution >= 0.6 is 0 Å². The molecule has 0 atom stereocenters. The van der Waals surface area contributed by atoms with Crippen LogP contribution in [0.3, 0.4) is 0 Å². The molecule has 0 N–H and O–H groups in total. The molecule has 1 fully saturated rings. The average molecular weight is 255 g/mol. The Balaban J connectivity index is 1.63. The van der Waals surface area contributed by atoms with Crippen molar-refractivity contribution in [3.05, 3.63) is 48.7 Å². The summed E-state index contributed by atoms with van der Waals surface area (Å²) in [6, 6.07) is 12.4. The highest BCUT2D eigenvalue weighted by Gasteiger charge is 2.31. The average Bonchev–Trinajstić information content (AvgIpc) is 3.27. The molecule has 1 heterocycles. The first-order chi connectivity index (χ1) is 9.31. The van der Waals surface area contributed by atoms with E-state index < -0.39 is 0 Å². The van der Waals surface area contributed by atoms with Gasteiger partial charge in [0.2, 0.25) is 5.88 Å². The predicted molar refractivity (Wildman–Crippen MR) is 69.1 cm³/mol. The Morgan fingerprint density at radius 3 is 2.42 bits per heavy atom. The lowest BCUT2D eigenvalue weighted by atomic mass is 10.3. The van der Waals surface area contributed by atoms with Crippen molar-refractivity contribution < 1.29 is 14.3 Å². The van der Waals surface area contributed by atoms with Crippen molar-refractivity contribution in [3.8, 4) is 17.4 Å². The van der Waals surface area contributed by atoms with Gasteiger partial charge in [-0.15, -0.1) is 0 Å². The van der Waals surface area contributed by atoms with Crippen LogP contribution in [0.25, 0.3) is 0 Å². The molecule has 1 aliphatic carbocycles. The molecule has 2 aromatic rings. The number of pyridine rings is 1. The number of nitrogens with zero attached hydrogens (tertiary/aromatic N) is 1. The topological polar surface area (TPSA) is 48.4 Å². The van der Waals surface area contributed by atoms with Crippen LogP contribution in [-0.4, -0.2) is 11.0 Å². The standard InChI is InChI=1S/C15H13NO3/c17-15(11-4-5-11)19-13-8-6-12(7-9-13)18-14-3-1-2-10-16-14/h1-3,6-11H,4-5H2. The van der Waals surface area contributed by atoms with Crippen LogP contribution < -0.4 is 9.47 Å². The molecule has 1 aromatic heterocycles. The first kappa shape index (κ1) is 11.7. The zero-order valence-electron chi connectivity index (χ0n) is 10.3. The number of esters is 1. The van der Waals surface area contributed by atoms with Crippen molar-refractivity contribution in [2.45, 2.75) is 12.8 Å². The Kier molecular flexibility index (Phi) is 3.14. The second-order valence-electron chi connectivity index (χ2n) is 4.44. The second-order valence-corrected chi connectivity index (χ2v) is 4.44. The van der Waals surface area contributed by atoms with Gasteiger partial charge in [0, 0.05) is 12.3 Å². The van der Waals surface area contributed by atoms with Gasteiger partial charge in [-0.3, -0.25) is 4.79 Å². The maximum atomic E-state index is 11.5. The van der Waals surface area contributed by atoms with Gasteiger partial charge in [0.1, 0.15) is 11.5 Å². The lowest BCUT2D eigenvalue weighted by molar-refractivity contribution is -0.135. The molecule has 4 nitrogen and oxygen atoms in total. The highest BCUT2D eigenvalue weighted by Crippen LogP contribution is 2.31. The predicted octanol–water partition coefficient (Wildman–Crippen LogP) is 3.19. The molecule has 0 amide bonds. The van der Waals surface area contributed by atoms with Crippen LogP contribution in [0.2, 0.25) is 0 Å². The Hall–Kier alpha value is -2.36. The van der Waals surface area contributed by atoms with E-state index in [-0.39, 0.29) is 11.9 Å².